The molecular formula is C23H20FN3O2. The molecule has 0 fully saturated rings. The van der Waals surface area contributed by atoms with Gasteiger partial charge in [-0.15, -0.1) is 0 Å². The van der Waals surface area contributed by atoms with E-state index in [9.17, 15) is 9.18 Å². The number of hydrogen-bond donors (Lipinski definition) is 1. The Morgan fingerprint density at radius 3 is 2.59 bits per heavy atom. The second-order valence-corrected chi connectivity index (χ2v) is 6.90. The molecule has 6 heteroatoms. The van der Waals surface area contributed by atoms with Gasteiger partial charge in [-0.25, -0.2) is 9.07 Å². The lowest BCUT2D eigenvalue weighted by molar-refractivity contribution is 0.0943. The summed E-state index contributed by atoms with van der Waals surface area (Å²) in [5.74, 6) is -0.00297. The third-order valence-electron chi connectivity index (χ3n) is 4.66. The third-order valence-corrected chi connectivity index (χ3v) is 4.66. The van der Waals surface area contributed by atoms with Gasteiger partial charge in [-0.1, -0.05) is 29.8 Å². The standard InChI is InChI=1S/C23H20FN3O2/c1-15-5-10-20(16(2)12-15)27-21(13-19(26-27)22-4-3-11-29-22)23(28)25-14-17-6-8-18(24)9-7-17/h3-13H,14H2,1-2H3,(H,25,28). The van der Waals surface area contributed by atoms with Gasteiger partial charge in [0.1, 0.15) is 17.2 Å². The highest BCUT2D eigenvalue weighted by Gasteiger charge is 2.19. The summed E-state index contributed by atoms with van der Waals surface area (Å²) in [6.07, 6.45) is 1.57. The Morgan fingerprint density at radius 1 is 1.10 bits per heavy atom. The average Bonchev–Trinajstić information content (AvgIpc) is 3.37. The SMILES string of the molecule is Cc1ccc(-n2nc(-c3ccco3)cc2C(=O)NCc2ccc(F)cc2)c(C)c1. The molecule has 0 saturated heterocycles. The largest absolute Gasteiger partial charge is 0.463 e. The Kier molecular flexibility index (Phi) is 4.99. The Labute approximate surface area is 167 Å². The molecule has 0 aliphatic carbocycles. The minimum atomic E-state index is -0.309. The summed E-state index contributed by atoms with van der Waals surface area (Å²) in [4.78, 5) is 13.0. The molecule has 2 heterocycles. The van der Waals surface area contributed by atoms with Crippen molar-refractivity contribution >= 4 is 5.91 Å². The number of benzene rings is 2. The van der Waals surface area contributed by atoms with Crippen LogP contribution < -0.4 is 5.32 Å². The lowest BCUT2D eigenvalue weighted by atomic mass is 10.1. The number of nitrogens with one attached hydrogen (secondary N) is 1. The van der Waals surface area contributed by atoms with Gasteiger partial charge in [0.2, 0.25) is 0 Å². The van der Waals surface area contributed by atoms with Crippen LogP contribution in [0.1, 0.15) is 27.2 Å². The second kappa shape index (κ2) is 7.75. The van der Waals surface area contributed by atoms with Gasteiger partial charge in [-0.2, -0.15) is 5.10 Å². The summed E-state index contributed by atoms with van der Waals surface area (Å²) >= 11 is 0. The first-order chi connectivity index (χ1) is 14.0. The summed E-state index contributed by atoms with van der Waals surface area (Å²) in [6.45, 7) is 4.29. The molecule has 1 N–H and O–H groups in total. The maximum atomic E-state index is 13.1. The second-order valence-electron chi connectivity index (χ2n) is 6.90. The van der Waals surface area contributed by atoms with Crippen molar-refractivity contribution in [2.75, 3.05) is 0 Å². The van der Waals surface area contributed by atoms with E-state index in [-0.39, 0.29) is 18.3 Å². The molecule has 0 bridgehead atoms. The Balaban J connectivity index is 1.68. The van der Waals surface area contributed by atoms with Gasteiger partial charge in [-0.05, 0) is 55.3 Å². The number of aryl methyl sites for hydroxylation is 2. The quantitative estimate of drug-likeness (QED) is 0.532. The summed E-state index contributed by atoms with van der Waals surface area (Å²) in [7, 11) is 0. The zero-order valence-corrected chi connectivity index (χ0v) is 16.1. The van der Waals surface area contributed by atoms with Crippen LogP contribution in [0.15, 0.2) is 71.3 Å². The number of halogens is 1. The minimum Gasteiger partial charge on any atom is -0.463 e. The third kappa shape index (κ3) is 3.96. The van der Waals surface area contributed by atoms with E-state index in [1.54, 1.807) is 41.3 Å². The lowest BCUT2D eigenvalue weighted by Crippen LogP contribution is -2.25. The molecule has 4 aromatic rings. The van der Waals surface area contributed by atoms with Gasteiger partial charge >= 0.3 is 0 Å². The molecule has 0 aliphatic heterocycles. The molecule has 1 amide bonds. The maximum absolute atomic E-state index is 13.1. The van der Waals surface area contributed by atoms with Crippen LogP contribution in [0.5, 0.6) is 0 Å². The van der Waals surface area contributed by atoms with Gasteiger partial charge in [-0.3, -0.25) is 4.79 Å². The predicted molar refractivity (Wildman–Crippen MR) is 108 cm³/mol. The Bertz CT molecular complexity index is 1150. The fraction of sp³-hybridized carbons (Fsp3) is 0.130. The van der Waals surface area contributed by atoms with Crippen molar-refractivity contribution in [1.82, 2.24) is 15.1 Å². The maximum Gasteiger partial charge on any atom is 0.270 e. The van der Waals surface area contributed by atoms with Gasteiger partial charge in [0.15, 0.2) is 5.76 Å². The molecule has 0 radical (unpaired) electrons. The van der Waals surface area contributed by atoms with Crippen molar-refractivity contribution in [3.05, 3.63) is 95.1 Å². The number of nitrogens with zero attached hydrogens (tertiary/aromatic N) is 2. The highest BCUT2D eigenvalue weighted by molar-refractivity contribution is 5.94. The van der Waals surface area contributed by atoms with E-state index < -0.39 is 0 Å². The molecule has 146 valence electrons. The van der Waals surface area contributed by atoms with E-state index in [1.807, 2.05) is 32.0 Å². The molecule has 0 unspecified atom stereocenters. The van der Waals surface area contributed by atoms with Crippen LogP contribution in [-0.4, -0.2) is 15.7 Å². The summed E-state index contributed by atoms with van der Waals surface area (Å²) in [6, 6.07) is 17.3. The molecule has 0 atom stereocenters. The van der Waals surface area contributed by atoms with Crippen molar-refractivity contribution in [2.24, 2.45) is 0 Å². The van der Waals surface area contributed by atoms with E-state index in [0.717, 1.165) is 22.4 Å². The van der Waals surface area contributed by atoms with E-state index in [2.05, 4.69) is 10.4 Å². The Hall–Kier alpha value is -3.67. The number of carbonyl (C=O) groups is 1. The normalized spacial score (nSPS) is 10.9. The smallest absolute Gasteiger partial charge is 0.270 e. The number of furan rings is 1. The number of carbonyl (C=O) groups excluding carboxylic acids is 1. The van der Waals surface area contributed by atoms with E-state index in [4.69, 9.17) is 4.42 Å². The van der Waals surface area contributed by atoms with Gasteiger partial charge in [0.05, 0.1) is 12.0 Å². The van der Waals surface area contributed by atoms with Crippen LogP contribution in [0, 0.1) is 19.7 Å². The zero-order valence-electron chi connectivity index (χ0n) is 16.1. The van der Waals surface area contributed by atoms with Crippen LogP contribution in [0.4, 0.5) is 4.39 Å². The van der Waals surface area contributed by atoms with E-state index >= 15 is 0 Å². The molecular weight excluding hydrogens is 369 g/mol. The molecule has 0 spiro atoms. The first-order valence-electron chi connectivity index (χ1n) is 9.25. The monoisotopic (exact) mass is 389 g/mol. The zero-order chi connectivity index (χ0) is 20.4. The van der Waals surface area contributed by atoms with Crippen molar-refractivity contribution in [1.29, 1.82) is 0 Å². The predicted octanol–water partition coefficient (Wildman–Crippen LogP) is 4.82. The van der Waals surface area contributed by atoms with Crippen LogP contribution in [0.2, 0.25) is 0 Å². The average molecular weight is 389 g/mol. The van der Waals surface area contributed by atoms with Crippen molar-refractivity contribution in [3.63, 3.8) is 0 Å². The summed E-state index contributed by atoms with van der Waals surface area (Å²) in [5, 5.41) is 7.50. The fourth-order valence-corrected chi connectivity index (χ4v) is 3.19. The minimum absolute atomic E-state index is 0.278. The molecule has 4 rings (SSSR count). The lowest BCUT2D eigenvalue weighted by Gasteiger charge is -2.11. The van der Waals surface area contributed by atoms with Crippen LogP contribution in [0.25, 0.3) is 17.1 Å². The highest BCUT2D eigenvalue weighted by atomic mass is 19.1. The number of amides is 1. The summed E-state index contributed by atoms with van der Waals surface area (Å²) < 4.78 is 20.2. The van der Waals surface area contributed by atoms with Gasteiger partial charge in [0, 0.05) is 12.6 Å². The number of hydrogen-bond acceptors (Lipinski definition) is 3. The van der Waals surface area contributed by atoms with Crippen molar-refractivity contribution in [3.8, 4) is 17.1 Å². The fourth-order valence-electron chi connectivity index (χ4n) is 3.19. The van der Waals surface area contributed by atoms with E-state index in [0.29, 0.717) is 17.1 Å². The number of aromatic nitrogens is 2. The highest BCUT2D eigenvalue weighted by Crippen LogP contribution is 2.24. The summed E-state index contributed by atoms with van der Waals surface area (Å²) in [5.41, 5.74) is 4.73. The van der Waals surface area contributed by atoms with Crippen LogP contribution >= 0.6 is 0 Å². The van der Waals surface area contributed by atoms with Crippen LogP contribution in [0.3, 0.4) is 0 Å². The molecule has 0 aliphatic rings. The number of rotatable bonds is 5. The topological polar surface area (TPSA) is 60.1 Å². The molecule has 29 heavy (non-hydrogen) atoms. The molecule has 5 nitrogen and oxygen atoms in total. The van der Waals surface area contributed by atoms with E-state index in [1.165, 1.54) is 12.1 Å². The van der Waals surface area contributed by atoms with Crippen molar-refractivity contribution in [2.45, 2.75) is 20.4 Å². The Morgan fingerprint density at radius 2 is 1.90 bits per heavy atom. The van der Waals surface area contributed by atoms with Gasteiger partial charge < -0.3 is 9.73 Å². The van der Waals surface area contributed by atoms with Gasteiger partial charge in [0.25, 0.3) is 5.91 Å². The molecule has 0 saturated carbocycles. The molecule has 2 aromatic heterocycles. The molecule has 2 aromatic carbocycles. The first-order valence-corrected chi connectivity index (χ1v) is 9.25. The van der Waals surface area contributed by atoms with Crippen LogP contribution in [-0.2, 0) is 6.54 Å². The first kappa shape index (κ1) is 18.7. The van der Waals surface area contributed by atoms with Crippen molar-refractivity contribution < 1.29 is 13.6 Å².